The summed E-state index contributed by atoms with van der Waals surface area (Å²) in [7, 11) is 3.43. The summed E-state index contributed by atoms with van der Waals surface area (Å²) in [4.78, 5) is 6.87. The molecule has 0 aromatic heterocycles. The molecule has 2 atom stereocenters. The molecule has 29 heavy (non-hydrogen) atoms. The van der Waals surface area contributed by atoms with Crippen molar-refractivity contribution in [3.05, 3.63) is 65.5 Å². The highest BCUT2D eigenvalue weighted by molar-refractivity contribution is 5.79. The number of methoxy groups -OCH3 is 1. The Bertz CT molecular complexity index is 813. The van der Waals surface area contributed by atoms with E-state index in [0.29, 0.717) is 19.0 Å². The fraction of sp³-hybridized carbons (Fsp3) is 0.435. The standard InChI is InChI=1S/C23H30FN3O2/c1-4-25-23(27(2)16-17-10-11-21(28-3)20(24)14-17)26-15-19-12-13-29-22(19)18-8-6-5-7-9-18/h5-11,14,19,22H,4,12-13,15-16H2,1-3H3,(H,25,26). The smallest absolute Gasteiger partial charge is 0.193 e. The number of nitrogens with one attached hydrogen (secondary N) is 1. The molecule has 1 heterocycles. The van der Waals surface area contributed by atoms with Gasteiger partial charge in [0.1, 0.15) is 0 Å². The minimum Gasteiger partial charge on any atom is -0.494 e. The van der Waals surface area contributed by atoms with Crippen LogP contribution < -0.4 is 10.1 Å². The minimum absolute atomic E-state index is 0.0869. The van der Waals surface area contributed by atoms with Crippen LogP contribution in [0.5, 0.6) is 5.75 Å². The summed E-state index contributed by atoms with van der Waals surface area (Å²) in [5.74, 6) is 1.06. The second-order valence-electron chi connectivity index (χ2n) is 7.27. The van der Waals surface area contributed by atoms with E-state index >= 15 is 0 Å². The van der Waals surface area contributed by atoms with Crippen LogP contribution in [0.3, 0.4) is 0 Å². The Morgan fingerprint density at radius 3 is 2.76 bits per heavy atom. The Kier molecular flexibility index (Phi) is 7.47. The van der Waals surface area contributed by atoms with Gasteiger partial charge in [-0.05, 0) is 36.6 Å². The van der Waals surface area contributed by atoms with E-state index in [-0.39, 0.29) is 17.7 Å². The van der Waals surface area contributed by atoms with Gasteiger partial charge >= 0.3 is 0 Å². The molecule has 1 aliphatic heterocycles. The number of hydrogen-bond acceptors (Lipinski definition) is 3. The molecule has 0 spiro atoms. The van der Waals surface area contributed by atoms with Crippen molar-refractivity contribution in [1.82, 2.24) is 10.2 Å². The Morgan fingerprint density at radius 2 is 2.07 bits per heavy atom. The quantitative estimate of drug-likeness (QED) is 0.565. The molecule has 2 unspecified atom stereocenters. The summed E-state index contributed by atoms with van der Waals surface area (Å²) < 4.78 is 25.0. The first-order valence-electron chi connectivity index (χ1n) is 10.1. The normalized spacial score (nSPS) is 19.2. The summed E-state index contributed by atoms with van der Waals surface area (Å²) in [5, 5.41) is 3.34. The second-order valence-corrected chi connectivity index (χ2v) is 7.27. The van der Waals surface area contributed by atoms with Gasteiger partial charge in [-0.2, -0.15) is 0 Å². The first-order chi connectivity index (χ1) is 14.1. The summed E-state index contributed by atoms with van der Waals surface area (Å²) in [6.45, 7) is 4.81. The number of nitrogens with zero attached hydrogens (tertiary/aromatic N) is 2. The third-order valence-electron chi connectivity index (χ3n) is 5.15. The zero-order valence-corrected chi connectivity index (χ0v) is 17.4. The molecular formula is C23H30FN3O2. The molecule has 0 amide bonds. The predicted octanol–water partition coefficient (Wildman–Crippen LogP) is 4.01. The van der Waals surface area contributed by atoms with Gasteiger partial charge in [-0.1, -0.05) is 36.4 Å². The van der Waals surface area contributed by atoms with Gasteiger partial charge in [0, 0.05) is 39.2 Å². The highest BCUT2D eigenvalue weighted by Gasteiger charge is 2.29. The Morgan fingerprint density at radius 1 is 1.28 bits per heavy atom. The van der Waals surface area contributed by atoms with Crippen LogP contribution >= 0.6 is 0 Å². The molecule has 1 N–H and O–H groups in total. The maximum atomic E-state index is 14.0. The molecular weight excluding hydrogens is 369 g/mol. The molecule has 0 bridgehead atoms. The van der Waals surface area contributed by atoms with Crippen LogP contribution in [0, 0.1) is 11.7 Å². The van der Waals surface area contributed by atoms with E-state index in [2.05, 4.69) is 17.4 Å². The molecule has 5 nitrogen and oxygen atoms in total. The lowest BCUT2D eigenvalue weighted by atomic mass is 9.95. The van der Waals surface area contributed by atoms with Crippen molar-refractivity contribution in [2.24, 2.45) is 10.9 Å². The van der Waals surface area contributed by atoms with E-state index < -0.39 is 0 Å². The molecule has 6 heteroatoms. The first kappa shape index (κ1) is 21.1. The number of hydrogen-bond donors (Lipinski definition) is 1. The highest BCUT2D eigenvalue weighted by Crippen LogP contribution is 2.34. The van der Waals surface area contributed by atoms with Crippen LogP contribution in [-0.4, -0.2) is 44.7 Å². The molecule has 0 aliphatic carbocycles. The molecule has 1 fully saturated rings. The number of rotatable bonds is 7. The van der Waals surface area contributed by atoms with E-state index in [4.69, 9.17) is 14.5 Å². The van der Waals surface area contributed by atoms with Crippen molar-refractivity contribution in [1.29, 1.82) is 0 Å². The van der Waals surface area contributed by atoms with Crippen molar-refractivity contribution >= 4 is 5.96 Å². The third kappa shape index (κ3) is 5.48. The third-order valence-corrected chi connectivity index (χ3v) is 5.15. The lowest BCUT2D eigenvalue weighted by Crippen LogP contribution is -2.39. The Balaban J connectivity index is 1.68. The summed E-state index contributed by atoms with van der Waals surface area (Å²) in [5.41, 5.74) is 2.07. The number of guanidine groups is 1. The van der Waals surface area contributed by atoms with Crippen molar-refractivity contribution in [3.8, 4) is 5.75 Å². The Hall–Kier alpha value is -2.60. The molecule has 156 valence electrons. The van der Waals surface area contributed by atoms with Crippen LogP contribution in [0.2, 0.25) is 0 Å². The van der Waals surface area contributed by atoms with E-state index in [0.717, 1.165) is 31.1 Å². The van der Waals surface area contributed by atoms with Gasteiger partial charge in [0.2, 0.25) is 0 Å². The van der Waals surface area contributed by atoms with Gasteiger partial charge in [-0.25, -0.2) is 4.39 Å². The molecule has 0 saturated carbocycles. The van der Waals surface area contributed by atoms with Gasteiger partial charge in [-0.15, -0.1) is 0 Å². The van der Waals surface area contributed by atoms with Gasteiger partial charge < -0.3 is 19.7 Å². The maximum Gasteiger partial charge on any atom is 0.193 e. The predicted molar refractivity (Wildman–Crippen MR) is 114 cm³/mol. The van der Waals surface area contributed by atoms with Gasteiger partial charge in [0.25, 0.3) is 0 Å². The van der Waals surface area contributed by atoms with E-state index in [1.807, 2.05) is 43.1 Å². The molecule has 2 aromatic carbocycles. The zero-order valence-electron chi connectivity index (χ0n) is 17.4. The molecule has 2 aromatic rings. The fourth-order valence-electron chi connectivity index (χ4n) is 3.66. The van der Waals surface area contributed by atoms with Crippen molar-refractivity contribution in [3.63, 3.8) is 0 Å². The topological polar surface area (TPSA) is 46.1 Å². The van der Waals surface area contributed by atoms with E-state index in [9.17, 15) is 4.39 Å². The molecule has 3 rings (SSSR count). The number of halogens is 1. The second kappa shape index (κ2) is 10.3. The fourth-order valence-corrected chi connectivity index (χ4v) is 3.66. The lowest BCUT2D eigenvalue weighted by Gasteiger charge is -2.24. The van der Waals surface area contributed by atoms with Crippen molar-refractivity contribution < 1.29 is 13.9 Å². The van der Waals surface area contributed by atoms with Crippen molar-refractivity contribution in [2.75, 3.05) is 33.9 Å². The molecule has 1 aliphatic rings. The van der Waals surface area contributed by atoms with Crippen LogP contribution in [0.25, 0.3) is 0 Å². The lowest BCUT2D eigenvalue weighted by molar-refractivity contribution is 0.0925. The number of benzene rings is 2. The largest absolute Gasteiger partial charge is 0.494 e. The van der Waals surface area contributed by atoms with Crippen molar-refractivity contribution in [2.45, 2.75) is 26.0 Å². The van der Waals surface area contributed by atoms with Gasteiger partial charge in [-0.3, -0.25) is 4.99 Å². The van der Waals surface area contributed by atoms with Crippen LogP contribution in [-0.2, 0) is 11.3 Å². The molecule has 0 radical (unpaired) electrons. The minimum atomic E-state index is -0.353. The number of aliphatic imine (C=N–C) groups is 1. The van der Waals surface area contributed by atoms with Gasteiger partial charge in [0.05, 0.1) is 13.2 Å². The highest BCUT2D eigenvalue weighted by atomic mass is 19.1. The maximum absolute atomic E-state index is 14.0. The Labute approximate surface area is 172 Å². The average Bonchev–Trinajstić information content (AvgIpc) is 3.20. The van der Waals surface area contributed by atoms with Crippen LogP contribution in [0.4, 0.5) is 4.39 Å². The van der Waals surface area contributed by atoms with E-state index in [1.165, 1.54) is 18.7 Å². The monoisotopic (exact) mass is 399 g/mol. The van der Waals surface area contributed by atoms with E-state index in [1.54, 1.807) is 6.07 Å². The zero-order chi connectivity index (χ0) is 20.6. The summed E-state index contributed by atoms with van der Waals surface area (Å²) >= 11 is 0. The SMILES string of the molecule is CCNC(=NCC1CCOC1c1ccccc1)N(C)Cc1ccc(OC)c(F)c1. The first-order valence-corrected chi connectivity index (χ1v) is 10.1. The van der Waals surface area contributed by atoms with Crippen LogP contribution in [0.15, 0.2) is 53.5 Å². The summed E-state index contributed by atoms with van der Waals surface area (Å²) in [6.07, 6.45) is 1.08. The summed E-state index contributed by atoms with van der Waals surface area (Å²) in [6, 6.07) is 15.4. The van der Waals surface area contributed by atoms with Crippen LogP contribution in [0.1, 0.15) is 30.6 Å². The molecule has 1 saturated heterocycles. The average molecular weight is 400 g/mol. The number of ether oxygens (including phenoxy) is 2. The van der Waals surface area contributed by atoms with Gasteiger partial charge in [0.15, 0.2) is 17.5 Å².